The van der Waals surface area contributed by atoms with Crippen LogP contribution in [0.3, 0.4) is 0 Å². The van der Waals surface area contributed by atoms with Gasteiger partial charge in [0.05, 0.1) is 74.1 Å². The standard InChI is InChI=1S/C81H109N7O24S2/c1-54(84-73(95)111-80(15,16)17)82-61-36-32-59(33-37-61)69(91)105-63-30-24-28-56(48-63)40-47-113(98,99)86(65(71(93)109-78(9,10)11)50-67(89)107-76(3,4)5)41-43-102-45-46-103-44-42-87(66(72(94)110-79(12,13)14)51-68(90)108-77(6,7)8)114(100,101)88(75(97)104-53-57-26-22-21-23-27-57)52-58-29-25-31-64(49-58)106-70(92)60-34-38-62(39-35-60)83-55(2)85-74(96)112-81(18,19)20/h21-39,48-49,65-66H,40-47,50-53H2,1-20H3,(H,82,84,95)(H,83,85,96)/t65-,66-/m0/s1. The molecule has 0 heterocycles. The number of aryl methyl sites for hydroxylation is 1. The number of hydrogen-bond acceptors (Lipinski definition) is 26. The van der Waals surface area contributed by atoms with Gasteiger partial charge in [0.1, 0.15) is 75.5 Å². The van der Waals surface area contributed by atoms with E-state index in [0.717, 1.165) is 4.31 Å². The van der Waals surface area contributed by atoms with Gasteiger partial charge in [-0.1, -0.05) is 54.6 Å². The first-order valence-corrected chi connectivity index (χ1v) is 39.7. The van der Waals surface area contributed by atoms with Crippen molar-refractivity contribution in [2.45, 2.75) is 217 Å². The highest BCUT2D eigenvalue weighted by Gasteiger charge is 2.45. The number of aliphatic imine (C=N–C) groups is 2. The summed E-state index contributed by atoms with van der Waals surface area (Å²) in [5.41, 5.74) is -4.25. The van der Waals surface area contributed by atoms with Crippen molar-refractivity contribution in [3.63, 3.8) is 0 Å². The number of carbonyl (C=O) groups excluding carboxylic acids is 9. The molecule has 624 valence electrons. The average molecular weight is 1630 g/mol. The highest BCUT2D eigenvalue weighted by Crippen LogP contribution is 2.29. The third-order valence-electron chi connectivity index (χ3n) is 14.6. The highest BCUT2D eigenvalue weighted by molar-refractivity contribution is 7.89. The smallest absolute Gasteiger partial charge is 0.425 e. The number of rotatable bonds is 33. The first-order valence-electron chi connectivity index (χ1n) is 36.7. The molecule has 5 aromatic carbocycles. The number of esters is 6. The summed E-state index contributed by atoms with van der Waals surface area (Å²) in [6.07, 6.45) is -4.79. The Kier molecular flexibility index (Phi) is 34.1. The molecule has 3 amide bonds. The van der Waals surface area contributed by atoms with Crippen LogP contribution in [0.1, 0.15) is 189 Å². The van der Waals surface area contributed by atoms with Crippen LogP contribution >= 0.6 is 0 Å². The van der Waals surface area contributed by atoms with Gasteiger partial charge < -0.3 is 52.1 Å². The molecular formula is C81H109N7O24S2. The molecular weight excluding hydrogens is 1520 g/mol. The summed E-state index contributed by atoms with van der Waals surface area (Å²) < 4.78 is 125. The normalized spacial score (nSPS) is 13.2. The van der Waals surface area contributed by atoms with Crippen molar-refractivity contribution in [2.24, 2.45) is 9.98 Å². The number of ether oxygens (including phenoxy) is 11. The summed E-state index contributed by atoms with van der Waals surface area (Å²) in [6, 6.07) is 28.0. The second-order valence-corrected chi connectivity index (χ2v) is 35.9. The minimum atomic E-state index is -5.43. The number of nitrogens with zero attached hydrogens (tertiary/aromatic N) is 5. The third kappa shape index (κ3) is 35.1. The van der Waals surface area contributed by atoms with E-state index in [1.54, 1.807) is 160 Å². The van der Waals surface area contributed by atoms with Crippen molar-refractivity contribution >= 4 is 97.4 Å². The largest absolute Gasteiger partial charge is 0.460 e. The van der Waals surface area contributed by atoms with E-state index in [1.165, 1.54) is 106 Å². The van der Waals surface area contributed by atoms with E-state index in [4.69, 9.17) is 52.1 Å². The number of nitrogens with one attached hydrogen (secondary N) is 2. The van der Waals surface area contributed by atoms with Crippen molar-refractivity contribution in [1.29, 1.82) is 0 Å². The molecule has 0 unspecified atom stereocenters. The van der Waals surface area contributed by atoms with Gasteiger partial charge in [0.15, 0.2) is 0 Å². The molecule has 2 N–H and O–H groups in total. The molecule has 0 saturated carbocycles. The second kappa shape index (κ2) is 41.2. The van der Waals surface area contributed by atoms with Gasteiger partial charge in [0.25, 0.3) is 0 Å². The molecule has 5 rings (SSSR count). The maximum Gasteiger partial charge on any atom is 0.425 e. The number of amidine groups is 2. The van der Waals surface area contributed by atoms with Crippen LogP contribution in [0.15, 0.2) is 137 Å². The minimum absolute atomic E-state index is 0.0587. The van der Waals surface area contributed by atoms with Gasteiger partial charge >= 0.3 is 64.3 Å². The van der Waals surface area contributed by atoms with Crippen LogP contribution in [-0.4, -0.2) is 186 Å². The predicted octanol–water partition coefficient (Wildman–Crippen LogP) is 12.8. The van der Waals surface area contributed by atoms with Crippen LogP contribution in [0.25, 0.3) is 0 Å². The second-order valence-electron chi connectivity index (χ2n) is 32.1. The summed E-state index contributed by atoms with van der Waals surface area (Å²) in [7, 11) is -10.0. The lowest BCUT2D eigenvalue weighted by Gasteiger charge is -2.35. The summed E-state index contributed by atoms with van der Waals surface area (Å²) in [6.45, 7) is 27.7. The van der Waals surface area contributed by atoms with Gasteiger partial charge in [-0.2, -0.15) is 21.3 Å². The molecule has 0 bridgehead atoms. The van der Waals surface area contributed by atoms with Crippen molar-refractivity contribution < 1.29 is 112 Å². The minimum Gasteiger partial charge on any atom is -0.460 e. The molecule has 0 aliphatic heterocycles. The van der Waals surface area contributed by atoms with E-state index in [2.05, 4.69) is 20.6 Å². The zero-order chi connectivity index (χ0) is 85.4. The van der Waals surface area contributed by atoms with Crippen LogP contribution in [0.2, 0.25) is 0 Å². The Morgan fingerprint density at radius 2 is 0.807 bits per heavy atom. The van der Waals surface area contributed by atoms with E-state index in [1.807, 2.05) is 0 Å². The molecule has 0 radical (unpaired) electrons. The molecule has 33 heteroatoms. The molecule has 0 aliphatic carbocycles. The van der Waals surface area contributed by atoms with Gasteiger partial charge in [-0.05, 0) is 234 Å². The highest BCUT2D eigenvalue weighted by atomic mass is 32.2. The van der Waals surface area contributed by atoms with Gasteiger partial charge in [-0.15, -0.1) is 0 Å². The van der Waals surface area contributed by atoms with Crippen molar-refractivity contribution in [2.75, 3.05) is 45.3 Å². The Labute approximate surface area is 668 Å². The van der Waals surface area contributed by atoms with Crippen molar-refractivity contribution in [1.82, 2.24) is 23.5 Å². The fraction of sp³-hybridized carbons (Fsp3) is 0.494. The first-order chi connectivity index (χ1) is 52.7. The van der Waals surface area contributed by atoms with E-state index in [-0.39, 0.29) is 59.5 Å². The van der Waals surface area contributed by atoms with Crippen molar-refractivity contribution in [3.05, 3.63) is 155 Å². The zero-order valence-corrected chi connectivity index (χ0v) is 70.2. The molecule has 2 atom stereocenters. The number of carbonyl (C=O) groups is 9. The van der Waals surface area contributed by atoms with Crippen LogP contribution in [0.5, 0.6) is 11.5 Å². The van der Waals surface area contributed by atoms with Crippen LogP contribution in [0.4, 0.5) is 25.8 Å². The maximum atomic E-state index is 15.7. The molecule has 5 aromatic rings. The van der Waals surface area contributed by atoms with Gasteiger partial charge in [-0.3, -0.25) is 29.8 Å². The molecule has 0 spiro atoms. The Hall–Kier alpha value is -10.2. The Morgan fingerprint density at radius 3 is 1.22 bits per heavy atom. The quantitative estimate of drug-likeness (QED) is 0.00983. The average Bonchev–Trinajstić information content (AvgIpc) is 0.778. The number of sulfonamides is 1. The maximum absolute atomic E-state index is 15.7. The Bertz CT molecular complexity index is 4430. The summed E-state index contributed by atoms with van der Waals surface area (Å²) in [4.78, 5) is 131. The Morgan fingerprint density at radius 1 is 0.430 bits per heavy atom. The lowest BCUT2D eigenvalue weighted by Crippen LogP contribution is -2.55. The SMILES string of the molecule is CC(=Nc1ccc(C(=O)Oc2cccc(CCS(=O)(=O)N(CCOCCOCCN([C@@H](CC(=O)OC(C)(C)C)C(=O)OC(C)(C)C)S(=O)(=O)N(Cc3cccc(OC(=O)c4ccc(N=C(C)NC(=O)OC(C)(C)C)cc4)c3)C(=O)OCc3ccccc3)[C@@H](CC(=O)OC(C)(C)C)C(=O)OC(C)(C)C)c2)cc1)NC(=O)OC(C)(C)C. The topological polar surface area (TPSA) is 382 Å². The lowest BCUT2D eigenvalue weighted by atomic mass is 10.1. The monoisotopic (exact) mass is 1630 g/mol. The predicted molar refractivity (Wildman–Crippen MR) is 424 cm³/mol. The number of hydrogen-bond donors (Lipinski definition) is 2. The number of alkyl carbamates (subject to hydrolysis) is 2. The number of amides is 3. The van der Waals surface area contributed by atoms with E-state index >= 15 is 8.42 Å². The summed E-state index contributed by atoms with van der Waals surface area (Å²) >= 11 is 0. The summed E-state index contributed by atoms with van der Waals surface area (Å²) in [5, 5.41) is 5.07. The van der Waals surface area contributed by atoms with E-state index < -0.39 is 178 Å². The molecule has 0 aliphatic rings. The zero-order valence-electron chi connectivity index (χ0n) is 68.6. The van der Waals surface area contributed by atoms with Crippen LogP contribution in [-0.2, 0) is 102 Å². The van der Waals surface area contributed by atoms with Crippen LogP contribution < -0.4 is 20.1 Å². The Balaban J connectivity index is 1.42. The fourth-order valence-corrected chi connectivity index (χ4v) is 13.4. The molecule has 114 heavy (non-hydrogen) atoms. The van der Waals surface area contributed by atoms with Crippen molar-refractivity contribution in [3.8, 4) is 11.5 Å². The molecule has 0 fully saturated rings. The lowest BCUT2D eigenvalue weighted by molar-refractivity contribution is -0.167. The van der Waals surface area contributed by atoms with E-state index in [0.29, 0.717) is 31.1 Å². The fourth-order valence-electron chi connectivity index (χ4n) is 10.2. The molecule has 31 nitrogen and oxygen atoms in total. The van der Waals surface area contributed by atoms with Gasteiger partial charge in [0, 0.05) is 13.1 Å². The van der Waals surface area contributed by atoms with Crippen LogP contribution in [0, 0.1) is 0 Å². The third-order valence-corrected chi connectivity index (χ3v) is 18.3. The molecule has 0 saturated heterocycles. The number of benzene rings is 5. The first kappa shape index (κ1) is 94.4. The summed E-state index contributed by atoms with van der Waals surface area (Å²) in [5.74, 6) is -6.11. The van der Waals surface area contributed by atoms with Gasteiger partial charge in [0.2, 0.25) is 10.0 Å². The van der Waals surface area contributed by atoms with Gasteiger partial charge in [-0.25, -0.2) is 42.4 Å². The molecule has 0 aromatic heterocycles. The van der Waals surface area contributed by atoms with E-state index in [9.17, 15) is 51.6 Å².